The number of hydrogen-bond donors (Lipinski definition) is 0. The molecule has 0 aromatic carbocycles. The van der Waals surface area contributed by atoms with Crippen LogP contribution in [0.2, 0.25) is 0 Å². The number of hydrogen-bond acceptors (Lipinski definition) is 3. The molecule has 0 radical (unpaired) electrons. The van der Waals surface area contributed by atoms with E-state index in [0.29, 0.717) is 0 Å². The van der Waals surface area contributed by atoms with E-state index in [0.717, 1.165) is 26.1 Å². The molecule has 0 amide bonds. The number of rotatable bonds is 34. The van der Waals surface area contributed by atoms with E-state index < -0.39 is 5.97 Å². The summed E-state index contributed by atoms with van der Waals surface area (Å²) in [6.45, 7) is 7.79. The molecule has 40 heavy (non-hydrogen) atoms. The number of carbonyl (C=O) groups is 1. The molecule has 0 aliphatic rings. The predicted octanol–water partition coefficient (Wildman–Crippen LogP) is 7.79. The third-order valence-electron chi connectivity index (χ3n) is 8.51. The molecular formula is C36H72LiNO2. The van der Waals surface area contributed by atoms with Gasteiger partial charge in [-0.3, -0.25) is 0 Å². The van der Waals surface area contributed by atoms with E-state index in [9.17, 15) is 9.90 Å². The molecule has 0 aliphatic carbocycles. The fraction of sp³-hybridized carbons (Fsp3) is 0.972. The molecule has 0 spiro atoms. The molecule has 0 heterocycles. The van der Waals surface area contributed by atoms with Gasteiger partial charge in [0.2, 0.25) is 0 Å². The van der Waals surface area contributed by atoms with Gasteiger partial charge in [0.15, 0.2) is 0 Å². The first-order valence-corrected chi connectivity index (χ1v) is 18.1. The van der Waals surface area contributed by atoms with E-state index in [1.165, 1.54) is 180 Å². The second-order valence-electron chi connectivity index (χ2n) is 12.5. The number of carboxylic acids is 1. The van der Waals surface area contributed by atoms with Crippen LogP contribution in [0.4, 0.5) is 0 Å². The van der Waals surface area contributed by atoms with Crippen molar-refractivity contribution in [2.24, 2.45) is 0 Å². The van der Waals surface area contributed by atoms with Crippen molar-refractivity contribution in [3.05, 3.63) is 0 Å². The van der Waals surface area contributed by atoms with Crippen LogP contribution < -0.4 is 24.0 Å². The van der Waals surface area contributed by atoms with Gasteiger partial charge < -0.3 is 14.8 Å². The van der Waals surface area contributed by atoms with Crippen LogP contribution >= 0.6 is 0 Å². The quantitative estimate of drug-likeness (QED) is 0.0599. The van der Waals surface area contributed by atoms with Gasteiger partial charge in [-0.2, -0.15) is 0 Å². The Morgan fingerprint density at radius 2 is 0.625 bits per heavy atom. The molecule has 3 nitrogen and oxygen atoms in total. The Hall–Kier alpha value is 0.0274. The van der Waals surface area contributed by atoms with Gasteiger partial charge in [0, 0.05) is 5.97 Å². The number of aliphatic carboxylic acids is 1. The summed E-state index contributed by atoms with van der Waals surface area (Å²) in [6.07, 6.45) is 40.1. The van der Waals surface area contributed by atoms with Gasteiger partial charge in [-0.25, -0.2) is 0 Å². The molecule has 0 atom stereocenters. The molecule has 0 saturated heterocycles. The Morgan fingerprint density at radius 1 is 0.400 bits per heavy atom. The van der Waals surface area contributed by atoms with Crippen molar-refractivity contribution in [2.45, 2.75) is 206 Å². The average molecular weight is 558 g/mol. The Morgan fingerprint density at radius 3 is 0.875 bits per heavy atom. The Kier molecular flexibility index (Phi) is 39.1. The average Bonchev–Trinajstić information content (AvgIpc) is 2.92. The van der Waals surface area contributed by atoms with Crippen molar-refractivity contribution in [1.82, 2.24) is 4.90 Å². The fourth-order valence-electron chi connectivity index (χ4n) is 5.84. The van der Waals surface area contributed by atoms with Gasteiger partial charge >= 0.3 is 18.9 Å². The topological polar surface area (TPSA) is 43.4 Å². The number of carbonyl (C=O) groups excluding carboxylic acids is 1. The molecule has 234 valence electrons. The first kappa shape index (κ1) is 42.2. The number of unbranched alkanes of at least 4 members (excludes halogenated alkanes) is 26. The predicted molar refractivity (Wildman–Crippen MR) is 171 cm³/mol. The van der Waals surface area contributed by atoms with Gasteiger partial charge in [-0.05, 0) is 45.3 Å². The van der Waals surface area contributed by atoms with Crippen molar-refractivity contribution in [1.29, 1.82) is 0 Å². The van der Waals surface area contributed by atoms with E-state index in [4.69, 9.17) is 0 Å². The second kappa shape index (κ2) is 37.1. The van der Waals surface area contributed by atoms with Crippen LogP contribution in [0.15, 0.2) is 0 Å². The summed E-state index contributed by atoms with van der Waals surface area (Å²) < 4.78 is 0. The van der Waals surface area contributed by atoms with Crippen molar-refractivity contribution in [2.75, 3.05) is 19.6 Å². The third-order valence-corrected chi connectivity index (χ3v) is 8.51. The number of nitrogens with zero attached hydrogens (tertiary/aromatic N) is 1. The molecular weight excluding hydrogens is 485 g/mol. The van der Waals surface area contributed by atoms with Crippen molar-refractivity contribution in [3.63, 3.8) is 0 Å². The maximum atomic E-state index is 10.8. The maximum absolute atomic E-state index is 10.8. The molecule has 4 heteroatoms. The van der Waals surface area contributed by atoms with Gasteiger partial charge in [0.05, 0.1) is 0 Å². The van der Waals surface area contributed by atoms with Gasteiger partial charge in [0.25, 0.3) is 0 Å². The van der Waals surface area contributed by atoms with Crippen LogP contribution in [0.25, 0.3) is 0 Å². The van der Waals surface area contributed by atoms with Crippen LogP contribution in [0, 0.1) is 0 Å². The first-order chi connectivity index (χ1) is 19.2. The maximum Gasteiger partial charge on any atom is 1.00 e. The van der Waals surface area contributed by atoms with E-state index in [-0.39, 0.29) is 25.3 Å². The first-order valence-electron chi connectivity index (χ1n) is 18.1. The van der Waals surface area contributed by atoms with Crippen LogP contribution in [-0.4, -0.2) is 30.5 Å². The molecule has 0 aromatic rings. The van der Waals surface area contributed by atoms with Crippen molar-refractivity contribution < 1.29 is 28.8 Å². The summed E-state index contributed by atoms with van der Waals surface area (Å²) in [5, 5.41) is 10.8. The SMILES string of the molecule is CCCCCCCCCCCCCCCCN(CCCCCCCCCCCCCCCC)CCCC(=O)[O-].[Li+]. The fourth-order valence-corrected chi connectivity index (χ4v) is 5.84. The van der Waals surface area contributed by atoms with E-state index >= 15 is 0 Å². The molecule has 0 bridgehead atoms. The Labute approximate surface area is 265 Å². The molecule has 0 saturated carbocycles. The minimum absolute atomic E-state index is 0. The van der Waals surface area contributed by atoms with Crippen molar-refractivity contribution in [3.8, 4) is 0 Å². The largest absolute Gasteiger partial charge is 1.00 e. The summed E-state index contributed by atoms with van der Waals surface area (Å²) in [5.74, 6) is -0.900. The summed E-state index contributed by atoms with van der Waals surface area (Å²) >= 11 is 0. The second-order valence-corrected chi connectivity index (χ2v) is 12.5. The monoisotopic (exact) mass is 558 g/mol. The molecule has 0 N–H and O–H groups in total. The van der Waals surface area contributed by atoms with Crippen LogP contribution in [0.1, 0.15) is 206 Å². The minimum atomic E-state index is -0.900. The summed E-state index contributed by atoms with van der Waals surface area (Å²) in [6, 6.07) is 0. The summed E-state index contributed by atoms with van der Waals surface area (Å²) in [4.78, 5) is 13.4. The zero-order chi connectivity index (χ0) is 28.5. The van der Waals surface area contributed by atoms with E-state index in [2.05, 4.69) is 18.7 Å². The van der Waals surface area contributed by atoms with E-state index in [1.54, 1.807) is 0 Å². The molecule has 0 fully saturated rings. The standard InChI is InChI=1S/C36H73NO2.Li/c1-3-5-7-9-11-13-15-17-19-21-23-25-27-29-33-37(35-31-32-36(38)39)34-30-28-26-24-22-20-18-16-14-12-10-8-6-4-2;/h3-35H2,1-2H3,(H,38,39);/q;+1/p-1. The smallest absolute Gasteiger partial charge is 0.550 e. The Bertz CT molecular complexity index is 442. The van der Waals surface area contributed by atoms with Crippen LogP contribution in [-0.2, 0) is 4.79 Å². The Balaban J connectivity index is 0. The third kappa shape index (κ3) is 36.1. The molecule has 0 aromatic heterocycles. The van der Waals surface area contributed by atoms with Crippen LogP contribution in [0.3, 0.4) is 0 Å². The summed E-state index contributed by atoms with van der Waals surface area (Å²) in [5.41, 5.74) is 0. The molecule has 0 aliphatic heterocycles. The normalized spacial score (nSPS) is 11.3. The van der Waals surface area contributed by atoms with Crippen LogP contribution in [0.5, 0.6) is 0 Å². The zero-order valence-electron chi connectivity index (χ0n) is 28.1. The molecule has 0 unspecified atom stereocenters. The zero-order valence-corrected chi connectivity index (χ0v) is 28.1. The summed E-state index contributed by atoms with van der Waals surface area (Å²) in [7, 11) is 0. The van der Waals surface area contributed by atoms with Gasteiger partial charge in [-0.15, -0.1) is 0 Å². The van der Waals surface area contributed by atoms with Crippen molar-refractivity contribution >= 4 is 5.97 Å². The minimum Gasteiger partial charge on any atom is -0.550 e. The number of carboxylic acid groups (broad SMARTS) is 1. The van der Waals surface area contributed by atoms with Gasteiger partial charge in [0.1, 0.15) is 0 Å². The van der Waals surface area contributed by atoms with Gasteiger partial charge in [-0.1, -0.05) is 181 Å². The molecule has 0 rings (SSSR count). The van der Waals surface area contributed by atoms with E-state index in [1.807, 2.05) is 0 Å².